The van der Waals surface area contributed by atoms with Crippen LogP contribution in [0.1, 0.15) is 23.4 Å². The second-order valence-electron chi connectivity index (χ2n) is 4.92. The minimum atomic E-state index is -0.353. The molecule has 1 aromatic heterocycles. The lowest BCUT2D eigenvalue weighted by Crippen LogP contribution is -2.38. The van der Waals surface area contributed by atoms with Crippen LogP contribution < -0.4 is 5.32 Å². The molecule has 1 aliphatic rings. The summed E-state index contributed by atoms with van der Waals surface area (Å²) in [4.78, 5) is 25.6. The van der Waals surface area contributed by atoms with Crippen LogP contribution in [0.2, 0.25) is 0 Å². The molecular formula is C15H16N2O3. The Bertz CT molecular complexity index is 608. The highest BCUT2D eigenvalue weighted by atomic mass is 16.3. The van der Waals surface area contributed by atoms with Gasteiger partial charge in [0.15, 0.2) is 5.76 Å². The molecule has 1 aromatic carbocycles. The first-order chi connectivity index (χ1) is 9.74. The molecule has 20 heavy (non-hydrogen) atoms. The molecule has 1 aliphatic heterocycles. The molecule has 1 saturated heterocycles. The SMILES string of the molecule is O=C(NCC(=O)N1CCCC1)c1cc2ccccc2o1. The highest BCUT2D eigenvalue weighted by Crippen LogP contribution is 2.18. The third kappa shape index (κ3) is 2.52. The van der Waals surface area contributed by atoms with Gasteiger partial charge in [-0.3, -0.25) is 9.59 Å². The highest BCUT2D eigenvalue weighted by Gasteiger charge is 2.19. The van der Waals surface area contributed by atoms with Crippen molar-refractivity contribution in [3.05, 3.63) is 36.1 Å². The summed E-state index contributed by atoms with van der Waals surface area (Å²) >= 11 is 0. The Hall–Kier alpha value is -2.30. The zero-order chi connectivity index (χ0) is 13.9. The first-order valence-electron chi connectivity index (χ1n) is 6.78. The number of para-hydroxylation sites is 1. The maximum Gasteiger partial charge on any atom is 0.287 e. The van der Waals surface area contributed by atoms with E-state index in [1.165, 1.54) is 0 Å². The van der Waals surface area contributed by atoms with Gasteiger partial charge in [-0.15, -0.1) is 0 Å². The second-order valence-corrected chi connectivity index (χ2v) is 4.92. The van der Waals surface area contributed by atoms with E-state index in [2.05, 4.69) is 5.32 Å². The summed E-state index contributed by atoms with van der Waals surface area (Å²) in [7, 11) is 0. The van der Waals surface area contributed by atoms with E-state index in [1.54, 1.807) is 11.0 Å². The molecule has 0 spiro atoms. The van der Waals surface area contributed by atoms with Crippen molar-refractivity contribution in [1.82, 2.24) is 10.2 Å². The Balaban J connectivity index is 1.62. The monoisotopic (exact) mass is 272 g/mol. The second kappa shape index (κ2) is 5.36. The highest BCUT2D eigenvalue weighted by molar-refractivity contribution is 5.97. The quantitative estimate of drug-likeness (QED) is 0.926. The number of benzene rings is 1. The molecule has 0 bridgehead atoms. The zero-order valence-electron chi connectivity index (χ0n) is 11.1. The van der Waals surface area contributed by atoms with Gasteiger partial charge in [-0.2, -0.15) is 0 Å². The maximum absolute atomic E-state index is 12.0. The molecule has 2 aromatic rings. The van der Waals surface area contributed by atoms with Crippen molar-refractivity contribution in [2.45, 2.75) is 12.8 Å². The Labute approximate surface area is 116 Å². The third-order valence-corrected chi connectivity index (χ3v) is 3.51. The topological polar surface area (TPSA) is 62.6 Å². The van der Waals surface area contributed by atoms with Crippen LogP contribution in [-0.2, 0) is 4.79 Å². The van der Waals surface area contributed by atoms with E-state index in [4.69, 9.17) is 4.42 Å². The van der Waals surface area contributed by atoms with Gasteiger partial charge >= 0.3 is 0 Å². The normalized spacial score (nSPS) is 14.7. The number of nitrogens with zero attached hydrogens (tertiary/aromatic N) is 1. The lowest BCUT2D eigenvalue weighted by atomic mass is 10.2. The van der Waals surface area contributed by atoms with Crippen molar-refractivity contribution in [2.24, 2.45) is 0 Å². The number of furan rings is 1. The van der Waals surface area contributed by atoms with Crippen molar-refractivity contribution in [2.75, 3.05) is 19.6 Å². The van der Waals surface area contributed by atoms with Crippen LogP contribution in [0.5, 0.6) is 0 Å². The molecule has 104 valence electrons. The molecule has 1 N–H and O–H groups in total. The van der Waals surface area contributed by atoms with E-state index in [9.17, 15) is 9.59 Å². The minimum absolute atomic E-state index is 0.0237. The number of carbonyl (C=O) groups excluding carboxylic acids is 2. The van der Waals surface area contributed by atoms with Gasteiger partial charge in [-0.1, -0.05) is 18.2 Å². The molecule has 0 radical (unpaired) electrons. The maximum atomic E-state index is 12.0. The van der Waals surface area contributed by atoms with E-state index in [0.717, 1.165) is 31.3 Å². The number of hydrogen-bond acceptors (Lipinski definition) is 3. The molecule has 3 rings (SSSR count). The van der Waals surface area contributed by atoms with E-state index in [0.29, 0.717) is 5.58 Å². The van der Waals surface area contributed by atoms with Crippen molar-refractivity contribution in [1.29, 1.82) is 0 Å². The lowest BCUT2D eigenvalue weighted by molar-refractivity contribution is -0.129. The summed E-state index contributed by atoms with van der Waals surface area (Å²) in [6.45, 7) is 1.61. The number of likely N-dealkylation sites (tertiary alicyclic amines) is 1. The third-order valence-electron chi connectivity index (χ3n) is 3.51. The van der Waals surface area contributed by atoms with Gasteiger partial charge in [0.25, 0.3) is 5.91 Å². The Morgan fingerprint density at radius 2 is 1.95 bits per heavy atom. The van der Waals surface area contributed by atoms with E-state index < -0.39 is 0 Å². The molecule has 0 aliphatic carbocycles. The van der Waals surface area contributed by atoms with Crippen LogP contribution in [0.15, 0.2) is 34.7 Å². The van der Waals surface area contributed by atoms with Gasteiger partial charge in [0.2, 0.25) is 5.91 Å². The van der Waals surface area contributed by atoms with Gasteiger partial charge in [-0.05, 0) is 25.0 Å². The zero-order valence-corrected chi connectivity index (χ0v) is 11.1. The summed E-state index contributed by atoms with van der Waals surface area (Å²) < 4.78 is 5.45. The molecule has 2 amide bonds. The van der Waals surface area contributed by atoms with Crippen molar-refractivity contribution < 1.29 is 14.0 Å². The molecule has 0 atom stereocenters. The summed E-state index contributed by atoms with van der Waals surface area (Å²) in [5.41, 5.74) is 0.670. The minimum Gasteiger partial charge on any atom is -0.451 e. The van der Waals surface area contributed by atoms with Crippen LogP contribution in [0.3, 0.4) is 0 Å². The molecule has 2 heterocycles. The first-order valence-corrected chi connectivity index (χ1v) is 6.78. The van der Waals surface area contributed by atoms with E-state index in [1.807, 2.05) is 24.3 Å². The summed E-state index contributed by atoms with van der Waals surface area (Å²) in [5.74, 6) is -0.152. The Morgan fingerprint density at radius 3 is 2.70 bits per heavy atom. The van der Waals surface area contributed by atoms with Gasteiger partial charge in [0, 0.05) is 18.5 Å². The average Bonchev–Trinajstić information content (AvgIpc) is 3.12. The van der Waals surface area contributed by atoms with E-state index in [-0.39, 0.29) is 24.1 Å². The van der Waals surface area contributed by atoms with E-state index >= 15 is 0 Å². The fourth-order valence-electron chi connectivity index (χ4n) is 2.42. The van der Waals surface area contributed by atoms with Gasteiger partial charge in [-0.25, -0.2) is 0 Å². The molecular weight excluding hydrogens is 256 g/mol. The van der Waals surface area contributed by atoms with Crippen molar-refractivity contribution in [3.8, 4) is 0 Å². The number of hydrogen-bond donors (Lipinski definition) is 1. The lowest BCUT2D eigenvalue weighted by Gasteiger charge is -2.14. The predicted octanol–water partition coefficient (Wildman–Crippen LogP) is 1.78. The van der Waals surface area contributed by atoms with Crippen LogP contribution in [-0.4, -0.2) is 36.3 Å². The molecule has 5 nitrogen and oxygen atoms in total. The van der Waals surface area contributed by atoms with Gasteiger partial charge < -0.3 is 14.6 Å². The molecule has 0 unspecified atom stereocenters. The van der Waals surface area contributed by atoms with Crippen LogP contribution >= 0.6 is 0 Å². The number of fused-ring (bicyclic) bond motifs is 1. The van der Waals surface area contributed by atoms with Crippen molar-refractivity contribution in [3.63, 3.8) is 0 Å². The van der Waals surface area contributed by atoms with Crippen LogP contribution in [0, 0.1) is 0 Å². The smallest absolute Gasteiger partial charge is 0.287 e. The van der Waals surface area contributed by atoms with Gasteiger partial charge in [0.05, 0.1) is 6.54 Å². The largest absolute Gasteiger partial charge is 0.451 e. The van der Waals surface area contributed by atoms with Crippen molar-refractivity contribution >= 4 is 22.8 Å². The summed E-state index contributed by atoms with van der Waals surface area (Å²) in [5, 5.41) is 3.49. The number of rotatable bonds is 3. The predicted molar refractivity (Wildman–Crippen MR) is 74.4 cm³/mol. The van der Waals surface area contributed by atoms with Crippen LogP contribution in [0.4, 0.5) is 0 Å². The summed E-state index contributed by atoms with van der Waals surface area (Å²) in [6.07, 6.45) is 2.09. The molecule has 1 fully saturated rings. The number of carbonyl (C=O) groups is 2. The van der Waals surface area contributed by atoms with Gasteiger partial charge in [0.1, 0.15) is 5.58 Å². The average molecular weight is 272 g/mol. The first kappa shape index (κ1) is 12.7. The molecule has 0 saturated carbocycles. The Kier molecular flexibility index (Phi) is 3.41. The van der Waals surface area contributed by atoms with Crippen LogP contribution in [0.25, 0.3) is 11.0 Å². The number of nitrogens with one attached hydrogen (secondary N) is 1. The summed E-state index contributed by atoms with van der Waals surface area (Å²) in [6, 6.07) is 9.11. The fraction of sp³-hybridized carbons (Fsp3) is 0.333. The Morgan fingerprint density at radius 1 is 1.20 bits per heavy atom. The number of amides is 2. The fourth-order valence-corrected chi connectivity index (χ4v) is 2.42. The standard InChI is InChI=1S/C15H16N2O3/c18-14(17-7-3-4-8-17)10-16-15(19)13-9-11-5-1-2-6-12(11)20-13/h1-2,5-6,9H,3-4,7-8,10H2,(H,16,19). The molecule has 5 heteroatoms.